The summed E-state index contributed by atoms with van der Waals surface area (Å²) in [6.45, 7) is 0.242. The van der Waals surface area contributed by atoms with Crippen LogP contribution in [0.1, 0.15) is 18.4 Å². The van der Waals surface area contributed by atoms with E-state index < -0.39 is 32.4 Å². The zero-order valence-corrected chi connectivity index (χ0v) is 17.3. The Morgan fingerprint density at radius 2 is 1.90 bits per heavy atom. The molecule has 2 aromatic rings. The molecule has 160 valence electrons. The molecule has 0 atom stereocenters. The van der Waals surface area contributed by atoms with Crippen LogP contribution in [0.2, 0.25) is 5.02 Å². The maximum Gasteiger partial charge on any atom is 0.289 e. The first kappa shape index (κ1) is 22.1. The molecule has 8 nitrogen and oxygen atoms in total. The summed E-state index contributed by atoms with van der Waals surface area (Å²) in [5.41, 5.74) is -0.115. The Labute approximate surface area is 177 Å². The highest BCUT2D eigenvalue weighted by molar-refractivity contribution is 7.89. The number of rotatable bonds is 6. The van der Waals surface area contributed by atoms with Crippen LogP contribution >= 0.6 is 11.6 Å². The van der Waals surface area contributed by atoms with Crippen molar-refractivity contribution in [1.82, 2.24) is 9.62 Å². The summed E-state index contributed by atoms with van der Waals surface area (Å²) < 4.78 is 40.5. The summed E-state index contributed by atoms with van der Waals surface area (Å²) in [5.74, 6) is -1.07. The van der Waals surface area contributed by atoms with Gasteiger partial charge in [0.05, 0.1) is 9.82 Å². The summed E-state index contributed by atoms with van der Waals surface area (Å²) in [6.07, 6.45) is 0.579. The fourth-order valence-electron chi connectivity index (χ4n) is 3.27. The molecule has 0 aromatic heterocycles. The fraction of sp³-hybridized carbons (Fsp3) is 0.316. The van der Waals surface area contributed by atoms with E-state index in [1.807, 2.05) is 0 Å². The summed E-state index contributed by atoms with van der Waals surface area (Å²) in [7, 11) is -3.96. The Hall–Kier alpha value is -2.56. The SMILES string of the molecule is O=C(NCc1ccccc1F)C1CCN(S(=O)(=O)c2ccc(Cl)c([N+](=O)[O-])c2)CC1. The molecule has 0 unspecified atom stereocenters. The second-order valence-electron chi connectivity index (χ2n) is 6.86. The number of carbonyl (C=O) groups is 1. The zero-order valence-electron chi connectivity index (χ0n) is 15.8. The van der Waals surface area contributed by atoms with Crippen LogP contribution in [0.5, 0.6) is 0 Å². The molecule has 1 aliphatic heterocycles. The first-order valence-corrected chi connectivity index (χ1v) is 11.0. The van der Waals surface area contributed by atoms with E-state index in [0.717, 1.165) is 6.07 Å². The quantitative estimate of drug-likeness (QED) is 0.531. The number of benzene rings is 2. The first-order chi connectivity index (χ1) is 14.2. The number of nitro groups is 1. The van der Waals surface area contributed by atoms with E-state index in [-0.39, 0.29) is 48.3 Å². The van der Waals surface area contributed by atoms with Gasteiger partial charge in [-0.05, 0) is 31.0 Å². The van der Waals surface area contributed by atoms with E-state index in [1.54, 1.807) is 18.2 Å². The molecule has 1 saturated heterocycles. The van der Waals surface area contributed by atoms with Gasteiger partial charge in [-0.15, -0.1) is 0 Å². The zero-order chi connectivity index (χ0) is 21.9. The van der Waals surface area contributed by atoms with Crippen LogP contribution in [0.15, 0.2) is 47.4 Å². The van der Waals surface area contributed by atoms with Crippen molar-refractivity contribution in [2.45, 2.75) is 24.3 Å². The van der Waals surface area contributed by atoms with Crippen molar-refractivity contribution < 1.29 is 22.5 Å². The standard InChI is InChI=1S/C19H19ClFN3O5S/c20-16-6-5-15(11-18(16)24(26)27)30(28,29)23-9-7-13(8-10-23)19(25)22-12-14-3-1-2-4-17(14)21/h1-6,11,13H,7-10,12H2,(H,22,25). The number of halogens is 2. The number of sulfonamides is 1. The van der Waals surface area contributed by atoms with Gasteiger partial charge in [-0.25, -0.2) is 12.8 Å². The number of nitrogens with zero attached hydrogens (tertiary/aromatic N) is 2. The number of amides is 1. The van der Waals surface area contributed by atoms with Crippen molar-refractivity contribution in [2.24, 2.45) is 5.92 Å². The predicted molar refractivity (Wildman–Crippen MR) is 108 cm³/mol. The minimum atomic E-state index is -3.96. The van der Waals surface area contributed by atoms with Crippen LogP contribution < -0.4 is 5.32 Å². The molecular formula is C19H19ClFN3O5S. The van der Waals surface area contributed by atoms with Crippen molar-refractivity contribution in [2.75, 3.05) is 13.1 Å². The molecule has 1 aliphatic rings. The van der Waals surface area contributed by atoms with Gasteiger partial charge in [-0.3, -0.25) is 14.9 Å². The molecule has 3 rings (SSSR count). The van der Waals surface area contributed by atoms with Crippen molar-refractivity contribution in [3.05, 3.63) is 69.0 Å². The van der Waals surface area contributed by atoms with Crippen LogP contribution in [0.4, 0.5) is 10.1 Å². The van der Waals surface area contributed by atoms with Crippen molar-refractivity contribution >= 4 is 33.2 Å². The Kier molecular flexibility index (Phi) is 6.69. The maximum atomic E-state index is 13.7. The fourth-order valence-corrected chi connectivity index (χ4v) is 4.95. The smallest absolute Gasteiger partial charge is 0.289 e. The molecule has 0 aliphatic carbocycles. The lowest BCUT2D eigenvalue weighted by Crippen LogP contribution is -2.42. The van der Waals surface area contributed by atoms with Crippen LogP contribution in [-0.4, -0.2) is 36.6 Å². The third-order valence-corrected chi connectivity index (χ3v) is 7.20. The summed E-state index contributed by atoms with van der Waals surface area (Å²) in [5, 5.41) is 13.6. The summed E-state index contributed by atoms with van der Waals surface area (Å²) >= 11 is 5.75. The van der Waals surface area contributed by atoms with Gasteiger partial charge < -0.3 is 5.32 Å². The molecule has 0 spiro atoms. The van der Waals surface area contributed by atoms with Gasteiger partial charge >= 0.3 is 0 Å². The van der Waals surface area contributed by atoms with E-state index in [1.165, 1.54) is 22.5 Å². The van der Waals surface area contributed by atoms with Crippen LogP contribution in [0.25, 0.3) is 0 Å². The molecule has 1 heterocycles. The maximum absolute atomic E-state index is 13.7. The minimum absolute atomic E-state index is 0.0540. The summed E-state index contributed by atoms with van der Waals surface area (Å²) in [6, 6.07) is 9.46. The number of piperidine rings is 1. The number of nitrogens with one attached hydrogen (secondary N) is 1. The average molecular weight is 456 g/mol. The monoisotopic (exact) mass is 455 g/mol. The molecule has 0 bridgehead atoms. The second kappa shape index (κ2) is 9.07. The predicted octanol–water partition coefficient (Wildman–Crippen LogP) is 3.10. The van der Waals surface area contributed by atoms with E-state index in [2.05, 4.69) is 5.32 Å². The molecule has 0 radical (unpaired) electrons. The number of hydrogen-bond donors (Lipinski definition) is 1. The first-order valence-electron chi connectivity index (χ1n) is 9.15. The van der Waals surface area contributed by atoms with E-state index >= 15 is 0 Å². The molecule has 1 fully saturated rings. The third-order valence-electron chi connectivity index (χ3n) is 4.99. The van der Waals surface area contributed by atoms with Crippen molar-refractivity contribution in [1.29, 1.82) is 0 Å². The van der Waals surface area contributed by atoms with Gasteiger partial charge in [-0.1, -0.05) is 29.8 Å². The minimum Gasteiger partial charge on any atom is -0.352 e. The lowest BCUT2D eigenvalue weighted by atomic mass is 9.97. The Bertz CT molecular complexity index is 1070. The topological polar surface area (TPSA) is 110 Å². The Morgan fingerprint density at radius 3 is 2.53 bits per heavy atom. The highest BCUT2D eigenvalue weighted by atomic mass is 35.5. The van der Waals surface area contributed by atoms with Crippen molar-refractivity contribution in [3.8, 4) is 0 Å². The van der Waals surface area contributed by atoms with E-state index in [0.29, 0.717) is 5.56 Å². The molecule has 11 heteroatoms. The largest absolute Gasteiger partial charge is 0.352 e. The Balaban J connectivity index is 1.62. The summed E-state index contributed by atoms with van der Waals surface area (Å²) in [4.78, 5) is 22.4. The molecule has 2 aromatic carbocycles. The van der Waals surface area contributed by atoms with Gasteiger partial charge in [0.1, 0.15) is 10.8 Å². The molecule has 0 saturated carbocycles. The number of nitro benzene ring substituents is 1. The van der Waals surface area contributed by atoms with E-state index in [4.69, 9.17) is 11.6 Å². The van der Waals surface area contributed by atoms with Crippen LogP contribution in [0, 0.1) is 21.8 Å². The van der Waals surface area contributed by atoms with Crippen LogP contribution in [-0.2, 0) is 21.4 Å². The van der Waals surface area contributed by atoms with Gasteiger partial charge in [0.2, 0.25) is 15.9 Å². The highest BCUT2D eigenvalue weighted by Crippen LogP contribution is 2.30. The molecule has 1 N–H and O–H groups in total. The van der Waals surface area contributed by atoms with Gasteiger partial charge in [-0.2, -0.15) is 4.31 Å². The highest BCUT2D eigenvalue weighted by Gasteiger charge is 2.33. The van der Waals surface area contributed by atoms with Gasteiger partial charge in [0.15, 0.2) is 0 Å². The molecule has 30 heavy (non-hydrogen) atoms. The number of carbonyl (C=O) groups excluding carboxylic acids is 1. The normalized spacial score (nSPS) is 15.7. The lowest BCUT2D eigenvalue weighted by molar-refractivity contribution is -0.384. The van der Waals surface area contributed by atoms with Crippen LogP contribution in [0.3, 0.4) is 0 Å². The second-order valence-corrected chi connectivity index (χ2v) is 9.20. The molecular weight excluding hydrogens is 437 g/mol. The number of hydrogen-bond acceptors (Lipinski definition) is 5. The van der Waals surface area contributed by atoms with Crippen molar-refractivity contribution in [3.63, 3.8) is 0 Å². The lowest BCUT2D eigenvalue weighted by Gasteiger charge is -2.30. The average Bonchev–Trinajstić information content (AvgIpc) is 2.73. The third kappa shape index (κ3) is 4.77. The van der Waals surface area contributed by atoms with Gasteiger partial charge in [0, 0.05) is 37.2 Å². The van der Waals surface area contributed by atoms with Gasteiger partial charge in [0.25, 0.3) is 5.69 Å². The van der Waals surface area contributed by atoms with E-state index in [9.17, 15) is 27.7 Å². The Morgan fingerprint density at radius 1 is 1.23 bits per heavy atom. The molecule has 1 amide bonds.